The van der Waals surface area contributed by atoms with Gasteiger partial charge in [0.15, 0.2) is 0 Å². The predicted octanol–water partition coefficient (Wildman–Crippen LogP) is 5.40. The summed E-state index contributed by atoms with van der Waals surface area (Å²) in [7, 11) is 1.77. The van der Waals surface area contributed by atoms with E-state index >= 15 is 0 Å². The monoisotopic (exact) mass is 352 g/mol. The van der Waals surface area contributed by atoms with E-state index in [0.717, 1.165) is 16.5 Å². The number of fused-ring (bicyclic) bond motifs is 1. The fraction of sp³-hybridized carbons (Fsp3) is 0.190. The summed E-state index contributed by atoms with van der Waals surface area (Å²) in [6, 6.07) is 21.7. The van der Waals surface area contributed by atoms with Gasteiger partial charge in [-0.1, -0.05) is 72.3 Å². The smallest absolute Gasteiger partial charge is 0.317 e. The lowest BCUT2D eigenvalue weighted by atomic mass is 10.00. The lowest BCUT2D eigenvalue weighted by molar-refractivity contribution is 0.203. The van der Waals surface area contributed by atoms with Gasteiger partial charge in [0.1, 0.15) is 0 Å². The first-order chi connectivity index (χ1) is 12.1. The summed E-state index contributed by atoms with van der Waals surface area (Å²) in [4.78, 5) is 14.2. The third kappa shape index (κ3) is 3.94. The highest BCUT2D eigenvalue weighted by atomic mass is 35.5. The van der Waals surface area contributed by atoms with E-state index in [1.807, 2.05) is 49.4 Å². The van der Waals surface area contributed by atoms with Crippen molar-refractivity contribution in [1.82, 2.24) is 10.2 Å². The fourth-order valence-electron chi connectivity index (χ4n) is 2.96. The molecule has 0 fully saturated rings. The summed E-state index contributed by atoms with van der Waals surface area (Å²) in [6.45, 7) is 2.47. The number of carbonyl (C=O) groups is 1. The van der Waals surface area contributed by atoms with E-state index in [1.54, 1.807) is 11.9 Å². The predicted molar refractivity (Wildman–Crippen MR) is 104 cm³/mol. The molecule has 0 aromatic heterocycles. The summed E-state index contributed by atoms with van der Waals surface area (Å²) in [6.07, 6.45) is 0. The minimum atomic E-state index is -0.125. The quantitative estimate of drug-likeness (QED) is 0.670. The van der Waals surface area contributed by atoms with Crippen molar-refractivity contribution in [2.24, 2.45) is 0 Å². The summed E-state index contributed by atoms with van der Waals surface area (Å²) < 4.78 is 0. The van der Waals surface area contributed by atoms with Crippen LogP contribution in [0.25, 0.3) is 10.8 Å². The molecule has 1 N–H and O–H groups in total. The van der Waals surface area contributed by atoms with Crippen molar-refractivity contribution in [2.75, 3.05) is 7.05 Å². The molecule has 0 saturated heterocycles. The molecule has 2 amide bonds. The number of rotatable bonds is 4. The zero-order chi connectivity index (χ0) is 17.8. The SMILES string of the molecule is CC(NC(=O)N(C)Cc1ccccc1Cl)c1cccc2ccccc12. The average Bonchev–Trinajstić information content (AvgIpc) is 2.63. The number of nitrogens with zero attached hydrogens (tertiary/aromatic N) is 1. The van der Waals surface area contributed by atoms with E-state index in [1.165, 1.54) is 5.39 Å². The Balaban J connectivity index is 1.72. The average molecular weight is 353 g/mol. The minimum Gasteiger partial charge on any atom is -0.331 e. The van der Waals surface area contributed by atoms with Gasteiger partial charge in [-0.2, -0.15) is 0 Å². The zero-order valence-corrected chi connectivity index (χ0v) is 15.1. The molecule has 3 aromatic rings. The van der Waals surface area contributed by atoms with Crippen molar-refractivity contribution in [3.8, 4) is 0 Å². The van der Waals surface area contributed by atoms with Crippen LogP contribution in [0.2, 0.25) is 5.02 Å². The molecule has 0 bridgehead atoms. The number of benzene rings is 3. The molecule has 1 atom stereocenters. The van der Waals surface area contributed by atoms with Gasteiger partial charge in [-0.25, -0.2) is 4.79 Å². The van der Waals surface area contributed by atoms with E-state index in [2.05, 4.69) is 29.6 Å². The van der Waals surface area contributed by atoms with Gasteiger partial charge in [-0.3, -0.25) is 0 Å². The van der Waals surface area contributed by atoms with Gasteiger partial charge in [0, 0.05) is 18.6 Å². The Kier molecular flexibility index (Phi) is 5.25. The first-order valence-electron chi connectivity index (χ1n) is 8.29. The maximum Gasteiger partial charge on any atom is 0.317 e. The molecule has 3 rings (SSSR count). The number of amides is 2. The molecular formula is C21H21ClN2O. The molecule has 0 aliphatic rings. The van der Waals surface area contributed by atoms with Gasteiger partial charge in [-0.05, 0) is 34.9 Å². The Morgan fingerprint density at radius 3 is 2.52 bits per heavy atom. The normalized spacial score (nSPS) is 12.0. The Bertz CT molecular complexity index is 888. The summed E-state index contributed by atoms with van der Waals surface area (Å²) >= 11 is 6.18. The number of urea groups is 1. The van der Waals surface area contributed by atoms with Crippen molar-refractivity contribution < 1.29 is 4.79 Å². The van der Waals surface area contributed by atoms with Gasteiger partial charge in [-0.15, -0.1) is 0 Å². The van der Waals surface area contributed by atoms with Crippen LogP contribution in [0.3, 0.4) is 0 Å². The van der Waals surface area contributed by atoms with Crippen LogP contribution in [-0.4, -0.2) is 18.0 Å². The van der Waals surface area contributed by atoms with Gasteiger partial charge in [0.2, 0.25) is 0 Å². The van der Waals surface area contributed by atoms with Crippen LogP contribution in [0.5, 0.6) is 0 Å². The van der Waals surface area contributed by atoms with Gasteiger partial charge in [0.25, 0.3) is 0 Å². The molecule has 0 heterocycles. The highest BCUT2D eigenvalue weighted by Gasteiger charge is 2.16. The Hall–Kier alpha value is -2.52. The molecule has 1 unspecified atom stereocenters. The van der Waals surface area contributed by atoms with E-state index in [-0.39, 0.29) is 12.1 Å². The van der Waals surface area contributed by atoms with Crippen LogP contribution in [0, 0.1) is 0 Å². The molecule has 25 heavy (non-hydrogen) atoms. The van der Waals surface area contributed by atoms with Crippen LogP contribution in [0.4, 0.5) is 4.79 Å². The molecular weight excluding hydrogens is 332 g/mol. The van der Waals surface area contributed by atoms with Crippen molar-refractivity contribution in [3.63, 3.8) is 0 Å². The molecule has 128 valence electrons. The van der Waals surface area contributed by atoms with Crippen LogP contribution in [0.1, 0.15) is 24.1 Å². The molecule has 3 aromatic carbocycles. The maximum atomic E-state index is 12.6. The van der Waals surface area contributed by atoms with E-state index < -0.39 is 0 Å². The third-order valence-corrected chi connectivity index (χ3v) is 4.71. The van der Waals surface area contributed by atoms with Crippen molar-refractivity contribution >= 4 is 28.4 Å². The third-order valence-electron chi connectivity index (χ3n) is 4.34. The first-order valence-corrected chi connectivity index (χ1v) is 8.67. The van der Waals surface area contributed by atoms with Crippen LogP contribution in [0.15, 0.2) is 66.7 Å². The molecule has 0 aliphatic carbocycles. The van der Waals surface area contributed by atoms with Crippen LogP contribution >= 0.6 is 11.6 Å². The second-order valence-electron chi connectivity index (χ2n) is 6.19. The summed E-state index contributed by atoms with van der Waals surface area (Å²) in [5.74, 6) is 0. The van der Waals surface area contributed by atoms with Gasteiger partial charge in [0.05, 0.1) is 6.04 Å². The van der Waals surface area contributed by atoms with Gasteiger partial charge < -0.3 is 10.2 Å². The first kappa shape index (κ1) is 17.3. The van der Waals surface area contributed by atoms with E-state index in [0.29, 0.717) is 11.6 Å². The van der Waals surface area contributed by atoms with Crippen molar-refractivity contribution in [3.05, 3.63) is 82.9 Å². The fourth-order valence-corrected chi connectivity index (χ4v) is 3.15. The highest BCUT2D eigenvalue weighted by Crippen LogP contribution is 2.24. The number of hydrogen-bond donors (Lipinski definition) is 1. The second kappa shape index (κ2) is 7.58. The van der Waals surface area contributed by atoms with Crippen LogP contribution < -0.4 is 5.32 Å². The summed E-state index contributed by atoms with van der Waals surface area (Å²) in [5.41, 5.74) is 2.04. The Morgan fingerprint density at radius 1 is 1.04 bits per heavy atom. The number of nitrogens with one attached hydrogen (secondary N) is 1. The molecule has 3 nitrogen and oxygen atoms in total. The zero-order valence-electron chi connectivity index (χ0n) is 14.4. The standard InChI is InChI=1S/C21H21ClN2O/c1-15(18-12-7-10-16-8-3-5-11-19(16)18)23-21(25)24(2)14-17-9-4-6-13-20(17)22/h3-13,15H,14H2,1-2H3,(H,23,25). The van der Waals surface area contributed by atoms with E-state index in [4.69, 9.17) is 11.6 Å². The number of carbonyl (C=O) groups excluding carboxylic acids is 1. The molecule has 4 heteroatoms. The largest absolute Gasteiger partial charge is 0.331 e. The molecule has 0 spiro atoms. The maximum absolute atomic E-state index is 12.6. The Morgan fingerprint density at radius 2 is 1.72 bits per heavy atom. The second-order valence-corrected chi connectivity index (χ2v) is 6.59. The van der Waals surface area contributed by atoms with Crippen LogP contribution in [-0.2, 0) is 6.54 Å². The summed E-state index contributed by atoms with van der Waals surface area (Å²) in [5, 5.41) is 6.07. The van der Waals surface area contributed by atoms with Crippen molar-refractivity contribution in [2.45, 2.75) is 19.5 Å². The minimum absolute atomic E-state index is 0.0905. The molecule has 0 aliphatic heterocycles. The van der Waals surface area contributed by atoms with Crippen molar-refractivity contribution in [1.29, 1.82) is 0 Å². The van der Waals surface area contributed by atoms with E-state index in [9.17, 15) is 4.79 Å². The number of hydrogen-bond acceptors (Lipinski definition) is 1. The molecule has 0 radical (unpaired) electrons. The number of halogens is 1. The topological polar surface area (TPSA) is 32.3 Å². The highest BCUT2D eigenvalue weighted by molar-refractivity contribution is 6.31. The lowest BCUT2D eigenvalue weighted by Gasteiger charge is -2.23. The lowest BCUT2D eigenvalue weighted by Crippen LogP contribution is -2.38. The molecule has 0 saturated carbocycles. The van der Waals surface area contributed by atoms with Gasteiger partial charge >= 0.3 is 6.03 Å². The Labute approximate surface area is 153 Å².